The Kier molecular flexibility index (Phi) is 9.18. The third-order valence-corrected chi connectivity index (χ3v) is 4.64. The van der Waals surface area contributed by atoms with Crippen molar-refractivity contribution < 1.29 is 13.9 Å². The highest BCUT2D eigenvalue weighted by atomic mass is 35.5. The Morgan fingerprint density at radius 2 is 2.11 bits per heavy atom. The van der Waals surface area contributed by atoms with Crippen LogP contribution in [0.15, 0.2) is 30.6 Å². The van der Waals surface area contributed by atoms with Crippen LogP contribution in [0.5, 0.6) is 0 Å². The van der Waals surface area contributed by atoms with Crippen LogP contribution in [-0.2, 0) is 16.1 Å². The van der Waals surface area contributed by atoms with Gasteiger partial charge >= 0.3 is 0 Å². The molecule has 9 heteroatoms. The van der Waals surface area contributed by atoms with Gasteiger partial charge in [0.05, 0.1) is 11.7 Å². The second-order valence-corrected chi connectivity index (χ2v) is 6.32. The molecular formula is C18H25Cl2FN4O2. The van der Waals surface area contributed by atoms with Crippen molar-refractivity contribution in [2.75, 3.05) is 13.2 Å². The van der Waals surface area contributed by atoms with Gasteiger partial charge in [0.1, 0.15) is 11.6 Å². The van der Waals surface area contributed by atoms with E-state index in [9.17, 15) is 9.18 Å². The van der Waals surface area contributed by atoms with Crippen LogP contribution in [0.25, 0.3) is 5.69 Å². The van der Waals surface area contributed by atoms with E-state index in [2.05, 4.69) is 10.3 Å². The lowest BCUT2D eigenvalue weighted by molar-refractivity contribution is -0.124. The number of carbonyl (C=O) groups is 1. The molecule has 0 spiro atoms. The second kappa shape index (κ2) is 10.6. The Morgan fingerprint density at radius 3 is 2.70 bits per heavy atom. The fourth-order valence-corrected chi connectivity index (χ4v) is 3.08. The smallest absolute Gasteiger partial charge is 0.237 e. The molecule has 0 radical (unpaired) electrons. The number of amides is 1. The summed E-state index contributed by atoms with van der Waals surface area (Å²) in [5, 5.41) is 2.80. The van der Waals surface area contributed by atoms with Crippen LogP contribution in [-0.4, -0.2) is 34.7 Å². The number of nitrogens with one attached hydrogen (secondary N) is 1. The van der Waals surface area contributed by atoms with Crippen LogP contribution < -0.4 is 11.1 Å². The number of hydrogen-bond donors (Lipinski definition) is 2. The van der Waals surface area contributed by atoms with Gasteiger partial charge in [0.2, 0.25) is 5.91 Å². The summed E-state index contributed by atoms with van der Waals surface area (Å²) in [7, 11) is 0. The maximum atomic E-state index is 14.4. The van der Waals surface area contributed by atoms with Crippen molar-refractivity contribution in [3.05, 3.63) is 47.8 Å². The first-order chi connectivity index (χ1) is 12.1. The molecular weight excluding hydrogens is 394 g/mol. The number of aryl methyl sites for hydroxylation is 1. The van der Waals surface area contributed by atoms with Crippen LogP contribution in [0.4, 0.5) is 4.39 Å². The van der Waals surface area contributed by atoms with Crippen molar-refractivity contribution >= 4 is 30.7 Å². The highest BCUT2D eigenvalue weighted by Gasteiger charge is 2.26. The molecule has 2 aromatic rings. The lowest BCUT2D eigenvalue weighted by Gasteiger charge is -2.26. The third-order valence-electron chi connectivity index (χ3n) is 4.64. The Hall–Kier alpha value is -1.67. The average molecular weight is 419 g/mol. The summed E-state index contributed by atoms with van der Waals surface area (Å²) in [5.74, 6) is 0.280. The summed E-state index contributed by atoms with van der Waals surface area (Å²) >= 11 is 0. The molecule has 150 valence electrons. The van der Waals surface area contributed by atoms with Crippen molar-refractivity contribution in [3.63, 3.8) is 0 Å². The van der Waals surface area contributed by atoms with E-state index in [-0.39, 0.29) is 49.0 Å². The number of nitrogens with zero attached hydrogens (tertiary/aromatic N) is 2. The zero-order valence-electron chi connectivity index (χ0n) is 15.1. The first-order valence-corrected chi connectivity index (χ1v) is 8.46. The number of imidazole rings is 1. The summed E-state index contributed by atoms with van der Waals surface area (Å²) in [6.45, 7) is 3.35. The predicted molar refractivity (Wildman–Crippen MR) is 106 cm³/mol. The third kappa shape index (κ3) is 5.65. The summed E-state index contributed by atoms with van der Waals surface area (Å²) in [6.07, 6.45) is 4.92. The maximum absolute atomic E-state index is 14.4. The first-order valence-electron chi connectivity index (χ1n) is 8.46. The van der Waals surface area contributed by atoms with Gasteiger partial charge in [-0.05, 0) is 43.4 Å². The van der Waals surface area contributed by atoms with Crippen LogP contribution >= 0.6 is 24.8 Å². The molecule has 0 aliphatic carbocycles. The number of ether oxygens (including phenoxy) is 1. The second-order valence-electron chi connectivity index (χ2n) is 6.32. The van der Waals surface area contributed by atoms with Gasteiger partial charge in [-0.3, -0.25) is 4.79 Å². The van der Waals surface area contributed by atoms with Crippen molar-refractivity contribution in [1.29, 1.82) is 0 Å². The molecule has 27 heavy (non-hydrogen) atoms. The molecule has 1 atom stereocenters. The van der Waals surface area contributed by atoms with Crippen molar-refractivity contribution in [2.45, 2.75) is 32.4 Å². The van der Waals surface area contributed by atoms with Gasteiger partial charge in [-0.2, -0.15) is 0 Å². The van der Waals surface area contributed by atoms with E-state index < -0.39 is 6.04 Å². The van der Waals surface area contributed by atoms with E-state index in [0.29, 0.717) is 30.3 Å². The summed E-state index contributed by atoms with van der Waals surface area (Å²) in [4.78, 5) is 16.3. The van der Waals surface area contributed by atoms with Gasteiger partial charge in [0.15, 0.2) is 0 Å². The maximum Gasteiger partial charge on any atom is 0.237 e. The highest BCUT2D eigenvalue weighted by molar-refractivity contribution is 5.85. The minimum absolute atomic E-state index is 0. The SMILES string of the molecule is Cc1nccn1-c1ccc(CNC(=O)C(N)C2CCOCC2)cc1F.Cl.Cl. The standard InChI is InChI=1S/C18H23FN4O2.2ClH/c1-12-21-6-7-23(12)16-3-2-13(10-15(16)19)11-22-18(24)17(20)14-4-8-25-9-5-14;;/h2-3,6-7,10,14,17H,4-5,8-9,11,20H2,1H3,(H,22,24);2*1H. The van der Waals surface area contributed by atoms with Gasteiger partial charge in [0, 0.05) is 32.2 Å². The largest absolute Gasteiger partial charge is 0.381 e. The zero-order valence-corrected chi connectivity index (χ0v) is 16.7. The molecule has 1 aromatic carbocycles. The zero-order chi connectivity index (χ0) is 17.8. The van der Waals surface area contributed by atoms with Crippen LogP contribution in [0.3, 0.4) is 0 Å². The molecule has 1 unspecified atom stereocenters. The molecule has 1 amide bonds. The van der Waals surface area contributed by atoms with E-state index in [1.165, 1.54) is 6.07 Å². The van der Waals surface area contributed by atoms with Gasteiger partial charge < -0.3 is 20.4 Å². The minimum atomic E-state index is -0.554. The van der Waals surface area contributed by atoms with Crippen molar-refractivity contribution in [2.24, 2.45) is 11.7 Å². The highest BCUT2D eigenvalue weighted by Crippen LogP contribution is 2.19. The summed E-state index contributed by atoms with van der Waals surface area (Å²) in [6, 6.07) is 4.35. The minimum Gasteiger partial charge on any atom is -0.381 e. The summed E-state index contributed by atoms with van der Waals surface area (Å²) in [5.41, 5.74) is 7.16. The molecule has 1 fully saturated rings. The number of nitrogens with two attached hydrogens (primary N) is 1. The molecule has 1 aliphatic rings. The lowest BCUT2D eigenvalue weighted by Crippen LogP contribution is -2.46. The topological polar surface area (TPSA) is 82.2 Å². The van der Waals surface area contributed by atoms with Crippen molar-refractivity contribution in [1.82, 2.24) is 14.9 Å². The molecule has 3 N–H and O–H groups in total. The lowest BCUT2D eigenvalue weighted by atomic mass is 9.92. The van der Waals surface area contributed by atoms with Crippen molar-refractivity contribution in [3.8, 4) is 5.69 Å². The quantitative estimate of drug-likeness (QED) is 0.781. The Balaban J connectivity index is 0.00000182. The fourth-order valence-electron chi connectivity index (χ4n) is 3.08. The normalized spacial score (nSPS) is 15.4. The molecule has 3 rings (SSSR count). The molecule has 0 saturated carbocycles. The van der Waals surface area contributed by atoms with E-state index in [0.717, 1.165) is 12.8 Å². The Labute approximate surface area is 170 Å². The molecule has 1 aliphatic heterocycles. The van der Waals surface area contributed by atoms with E-state index >= 15 is 0 Å². The van der Waals surface area contributed by atoms with E-state index in [1.54, 1.807) is 29.1 Å². The number of aromatic nitrogens is 2. The van der Waals surface area contributed by atoms with Gasteiger partial charge in [0.25, 0.3) is 0 Å². The molecule has 0 bridgehead atoms. The first kappa shape index (κ1) is 23.4. The number of hydrogen-bond acceptors (Lipinski definition) is 4. The number of carbonyl (C=O) groups excluding carboxylic acids is 1. The van der Waals surface area contributed by atoms with Crippen LogP contribution in [0, 0.1) is 18.7 Å². The average Bonchev–Trinajstić information content (AvgIpc) is 3.05. The number of benzene rings is 1. The number of rotatable bonds is 5. The predicted octanol–water partition coefficient (Wildman–Crippen LogP) is 2.53. The number of halogens is 3. The molecule has 1 saturated heterocycles. The molecule has 1 aromatic heterocycles. The van der Waals surface area contributed by atoms with Gasteiger partial charge in [-0.1, -0.05) is 6.07 Å². The Bertz CT molecular complexity index is 751. The van der Waals surface area contributed by atoms with Crippen LogP contribution in [0.2, 0.25) is 0 Å². The fraction of sp³-hybridized carbons (Fsp3) is 0.444. The van der Waals surface area contributed by atoms with Gasteiger partial charge in [-0.25, -0.2) is 9.37 Å². The molecule has 2 heterocycles. The van der Waals surface area contributed by atoms with E-state index in [4.69, 9.17) is 10.5 Å². The van der Waals surface area contributed by atoms with E-state index in [1.807, 2.05) is 6.92 Å². The molecule has 6 nitrogen and oxygen atoms in total. The Morgan fingerprint density at radius 1 is 1.41 bits per heavy atom. The monoisotopic (exact) mass is 418 g/mol. The summed E-state index contributed by atoms with van der Waals surface area (Å²) < 4.78 is 21.3. The van der Waals surface area contributed by atoms with Crippen LogP contribution in [0.1, 0.15) is 24.2 Å². The van der Waals surface area contributed by atoms with Gasteiger partial charge in [-0.15, -0.1) is 24.8 Å².